The highest BCUT2D eigenvalue weighted by Gasteiger charge is 2.25. The SMILES string of the molecule is CCCCCCCCCCCCCCCCCCCCCCCCCCCCCC(=O)OC(COC(=O)CCCCCCCCCCCCC)COC(OCC[N+](C)(C)C)C(=O)O. The van der Waals surface area contributed by atoms with E-state index in [1.54, 1.807) is 0 Å². The van der Waals surface area contributed by atoms with Gasteiger partial charge in [-0.25, -0.2) is 4.79 Å². The van der Waals surface area contributed by atoms with Crippen molar-refractivity contribution in [3.8, 4) is 0 Å². The predicted octanol–water partition coefficient (Wildman–Crippen LogP) is 15.2. The molecule has 9 heteroatoms. The molecule has 0 bridgehead atoms. The number of ether oxygens (including phenoxy) is 4. The minimum absolute atomic E-state index is 0.173. The fraction of sp³-hybridized carbons (Fsp3) is 0.944. The van der Waals surface area contributed by atoms with Crippen molar-refractivity contribution in [3.63, 3.8) is 0 Å². The molecule has 0 heterocycles. The molecule has 0 saturated heterocycles. The van der Waals surface area contributed by atoms with Gasteiger partial charge in [0, 0.05) is 12.8 Å². The molecule has 0 spiro atoms. The second-order valence-corrected chi connectivity index (χ2v) is 19.9. The molecule has 0 aromatic rings. The number of likely N-dealkylation sites (N-methyl/N-ethyl adjacent to an activating group) is 1. The lowest BCUT2D eigenvalue weighted by atomic mass is 10.0. The van der Waals surface area contributed by atoms with Crippen LogP contribution in [-0.4, -0.2) is 87.4 Å². The number of hydrogen-bond donors (Lipinski definition) is 1. The molecule has 0 aromatic heterocycles. The number of quaternary nitrogens is 1. The predicted molar refractivity (Wildman–Crippen MR) is 263 cm³/mol. The van der Waals surface area contributed by atoms with Crippen LogP contribution in [0.25, 0.3) is 0 Å². The first-order valence-corrected chi connectivity index (χ1v) is 27.2. The number of carboxylic acid groups (broad SMARTS) is 1. The Hall–Kier alpha value is -1.71. The third kappa shape index (κ3) is 48.1. The van der Waals surface area contributed by atoms with Crippen LogP contribution in [0.5, 0.6) is 0 Å². The zero-order chi connectivity index (χ0) is 46.3. The Bertz CT molecular complexity index is 1000. The van der Waals surface area contributed by atoms with Crippen molar-refractivity contribution in [3.05, 3.63) is 0 Å². The molecule has 374 valence electrons. The monoisotopic (exact) mass is 897 g/mol. The van der Waals surface area contributed by atoms with E-state index in [9.17, 15) is 19.5 Å². The summed E-state index contributed by atoms with van der Waals surface area (Å²) in [4.78, 5) is 37.2. The van der Waals surface area contributed by atoms with Crippen LogP contribution in [0.4, 0.5) is 0 Å². The molecule has 63 heavy (non-hydrogen) atoms. The second kappa shape index (κ2) is 46.8. The van der Waals surface area contributed by atoms with Gasteiger partial charge < -0.3 is 28.5 Å². The number of esters is 2. The standard InChI is InChI=1S/C54H105NO8/c1-6-8-10-12-14-16-18-19-20-21-22-23-24-25-26-27-28-29-30-31-32-33-35-37-39-41-43-45-52(57)63-50(49-62-54(53(58)59)60-47-46-55(3,4)5)48-61-51(56)44-42-40-38-36-34-17-15-13-11-9-7-2/h50,54H,6-49H2,1-5H3/p+1. The van der Waals surface area contributed by atoms with Crippen molar-refractivity contribution in [1.29, 1.82) is 0 Å². The number of carbonyl (C=O) groups excluding carboxylic acids is 2. The van der Waals surface area contributed by atoms with E-state index in [1.165, 1.54) is 205 Å². The molecule has 0 aromatic carbocycles. The van der Waals surface area contributed by atoms with E-state index in [-0.39, 0.29) is 38.2 Å². The van der Waals surface area contributed by atoms with Crippen LogP contribution in [0, 0.1) is 0 Å². The summed E-state index contributed by atoms with van der Waals surface area (Å²) in [6, 6.07) is 0. The fourth-order valence-corrected chi connectivity index (χ4v) is 8.13. The summed E-state index contributed by atoms with van der Waals surface area (Å²) in [5, 5.41) is 9.66. The van der Waals surface area contributed by atoms with Gasteiger partial charge in [0.1, 0.15) is 13.2 Å². The first-order valence-electron chi connectivity index (χ1n) is 27.2. The number of carbonyl (C=O) groups is 3. The minimum Gasteiger partial charge on any atom is -0.477 e. The Balaban J connectivity index is 4.10. The van der Waals surface area contributed by atoms with Crippen molar-refractivity contribution in [2.45, 2.75) is 283 Å². The van der Waals surface area contributed by atoms with Gasteiger partial charge in [0.25, 0.3) is 6.29 Å². The van der Waals surface area contributed by atoms with Crippen molar-refractivity contribution < 1.29 is 42.9 Å². The van der Waals surface area contributed by atoms with Crippen molar-refractivity contribution in [2.24, 2.45) is 0 Å². The van der Waals surface area contributed by atoms with E-state index in [1.807, 2.05) is 21.1 Å². The van der Waals surface area contributed by atoms with Crippen molar-refractivity contribution >= 4 is 17.9 Å². The molecule has 2 atom stereocenters. The molecule has 0 saturated carbocycles. The molecule has 0 aliphatic carbocycles. The molecule has 0 amide bonds. The van der Waals surface area contributed by atoms with Gasteiger partial charge in [0.15, 0.2) is 6.10 Å². The molecule has 0 aliphatic heterocycles. The van der Waals surface area contributed by atoms with E-state index in [0.717, 1.165) is 38.5 Å². The highest BCUT2D eigenvalue weighted by Crippen LogP contribution is 2.17. The van der Waals surface area contributed by atoms with Crippen LogP contribution >= 0.6 is 0 Å². The summed E-state index contributed by atoms with van der Waals surface area (Å²) in [6.45, 7) is 4.92. The van der Waals surface area contributed by atoms with E-state index < -0.39 is 18.4 Å². The first-order chi connectivity index (χ1) is 30.6. The Labute approximate surface area is 390 Å². The zero-order valence-corrected chi connectivity index (χ0v) is 42.5. The molecule has 0 fully saturated rings. The zero-order valence-electron chi connectivity index (χ0n) is 42.5. The average molecular weight is 897 g/mol. The molecular formula is C54H106NO8+. The third-order valence-electron chi connectivity index (χ3n) is 12.4. The van der Waals surface area contributed by atoms with Gasteiger partial charge in [-0.05, 0) is 12.8 Å². The van der Waals surface area contributed by atoms with Gasteiger partial charge in [0.2, 0.25) is 0 Å². The van der Waals surface area contributed by atoms with Gasteiger partial charge in [-0.3, -0.25) is 9.59 Å². The summed E-state index contributed by atoms with van der Waals surface area (Å²) in [5.41, 5.74) is 0. The first kappa shape index (κ1) is 61.3. The maximum absolute atomic E-state index is 12.8. The number of unbranched alkanes of at least 4 members (excludes halogenated alkanes) is 36. The van der Waals surface area contributed by atoms with E-state index in [4.69, 9.17) is 18.9 Å². The Morgan fingerprint density at radius 1 is 0.413 bits per heavy atom. The highest BCUT2D eigenvalue weighted by atomic mass is 16.7. The Morgan fingerprint density at radius 3 is 1.02 bits per heavy atom. The molecular weight excluding hydrogens is 791 g/mol. The highest BCUT2D eigenvalue weighted by molar-refractivity contribution is 5.71. The lowest BCUT2D eigenvalue weighted by molar-refractivity contribution is -0.870. The third-order valence-corrected chi connectivity index (χ3v) is 12.4. The largest absolute Gasteiger partial charge is 0.477 e. The number of carboxylic acids is 1. The number of nitrogens with zero attached hydrogens (tertiary/aromatic N) is 1. The van der Waals surface area contributed by atoms with Crippen LogP contribution in [0.1, 0.15) is 271 Å². The summed E-state index contributed by atoms with van der Waals surface area (Å²) < 4.78 is 22.8. The summed E-state index contributed by atoms with van der Waals surface area (Å²) >= 11 is 0. The summed E-state index contributed by atoms with van der Waals surface area (Å²) in [5.74, 6) is -1.98. The van der Waals surface area contributed by atoms with Crippen molar-refractivity contribution in [2.75, 3.05) is 47.5 Å². The Morgan fingerprint density at radius 2 is 0.714 bits per heavy atom. The molecule has 0 radical (unpaired) electrons. The van der Waals surface area contributed by atoms with Gasteiger partial charge in [-0.15, -0.1) is 0 Å². The van der Waals surface area contributed by atoms with E-state index >= 15 is 0 Å². The van der Waals surface area contributed by atoms with Gasteiger partial charge in [-0.2, -0.15) is 0 Å². The van der Waals surface area contributed by atoms with Gasteiger partial charge >= 0.3 is 17.9 Å². The summed E-state index contributed by atoms with van der Waals surface area (Å²) in [7, 11) is 5.97. The molecule has 2 unspecified atom stereocenters. The minimum atomic E-state index is -1.50. The lowest BCUT2D eigenvalue weighted by Crippen LogP contribution is -2.40. The lowest BCUT2D eigenvalue weighted by Gasteiger charge is -2.25. The smallest absolute Gasteiger partial charge is 0.361 e. The molecule has 0 rings (SSSR count). The van der Waals surface area contributed by atoms with Crippen LogP contribution in [0.3, 0.4) is 0 Å². The maximum Gasteiger partial charge on any atom is 0.361 e. The normalized spacial score (nSPS) is 12.7. The fourth-order valence-electron chi connectivity index (χ4n) is 8.13. The maximum atomic E-state index is 12.8. The quantitative estimate of drug-likeness (QED) is 0.0278. The summed E-state index contributed by atoms with van der Waals surface area (Å²) in [6.07, 6.45) is 47.6. The number of hydrogen-bond acceptors (Lipinski definition) is 7. The van der Waals surface area contributed by atoms with Gasteiger partial charge in [-0.1, -0.05) is 245 Å². The second-order valence-electron chi connectivity index (χ2n) is 19.9. The van der Waals surface area contributed by atoms with E-state index in [0.29, 0.717) is 17.4 Å². The average Bonchev–Trinajstić information content (AvgIpc) is 3.24. The number of rotatable bonds is 51. The molecule has 9 nitrogen and oxygen atoms in total. The van der Waals surface area contributed by atoms with Gasteiger partial charge in [0.05, 0.1) is 34.4 Å². The molecule has 1 N–H and O–H groups in total. The Kier molecular flexibility index (Phi) is 45.5. The topological polar surface area (TPSA) is 108 Å². The van der Waals surface area contributed by atoms with Crippen LogP contribution in [0.15, 0.2) is 0 Å². The molecule has 0 aliphatic rings. The van der Waals surface area contributed by atoms with Crippen LogP contribution in [0.2, 0.25) is 0 Å². The van der Waals surface area contributed by atoms with Crippen LogP contribution in [-0.2, 0) is 33.3 Å². The van der Waals surface area contributed by atoms with E-state index in [2.05, 4.69) is 13.8 Å². The van der Waals surface area contributed by atoms with Crippen LogP contribution < -0.4 is 0 Å². The van der Waals surface area contributed by atoms with Crippen molar-refractivity contribution in [1.82, 2.24) is 0 Å². The number of aliphatic carboxylic acids is 1.